The second-order valence-corrected chi connectivity index (χ2v) is 2.97. The molecular formula is C8H12O2. The largest absolute Gasteiger partial charge is 0.431 e. The summed E-state index contributed by atoms with van der Waals surface area (Å²) in [5.41, 5.74) is 0. The van der Waals surface area contributed by atoms with Gasteiger partial charge in [-0.3, -0.25) is 4.79 Å². The van der Waals surface area contributed by atoms with Crippen LogP contribution in [0.25, 0.3) is 0 Å². The summed E-state index contributed by atoms with van der Waals surface area (Å²) in [7, 11) is 0. The van der Waals surface area contributed by atoms with Gasteiger partial charge >= 0.3 is 5.97 Å². The maximum Gasteiger partial charge on any atom is 0.318 e. The van der Waals surface area contributed by atoms with E-state index >= 15 is 0 Å². The summed E-state index contributed by atoms with van der Waals surface area (Å²) in [6, 6.07) is 0. The van der Waals surface area contributed by atoms with E-state index in [1.165, 1.54) is 0 Å². The van der Waals surface area contributed by atoms with Gasteiger partial charge in [-0.25, -0.2) is 0 Å². The van der Waals surface area contributed by atoms with Crippen LogP contribution < -0.4 is 0 Å². The smallest absolute Gasteiger partial charge is 0.318 e. The average Bonchev–Trinajstić information content (AvgIpc) is 2.10. The van der Waals surface area contributed by atoms with Gasteiger partial charge in [0.25, 0.3) is 0 Å². The Kier molecular flexibility index (Phi) is 1.79. The number of hydrogen-bond acceptors (Lipinski definition) is 2. The summed E-state index contributed by atoms with van der Waals surface area (Å²) in [5, 5.41) is 0. The lowest BCUT2D eigenvalue weighted by Crippen LogP contribution is -2.14. The van der Waals surface area contributed by atoms with Gasteiger partial charge in [0.05, 0.1) is 5.92 Å². The molecule has 1 aliphatic rings. The van der Waals surface area contributed by atoms with Crippen LogP contribution in [-0.2, 0) is 9.53 Å². The molecule has 0 saturated heterocycles. The zero-order valence-corrected chi connectivity index (χ0v) is 6.55. The lowest BCUT2D eigenvalue weighted by molar-refractivity contribution is -0.141. The zero-order chi connectivity index (χ0) is 7.72. The van der Waals surface area contributed by atoms with E-state index in [2.05, 4.69) is 0 Å². The highest BCUT2D eigenvalue weighted by molar-refractivity contribution is 5.78. The number of esters is 1. The van der Waals surface area contributed by atoms with Crippen LogP contribution in [0.5, 0.6) is 0 Å². The molecule has 0 aromatic heterocycles. The molecule has 0 radical (unpaired) electrons. The van der Waals surface area contributed by atoms with Crippen molar-refractivity contribution in [2.45, 2.75) is 20.8 Å². The molecule has 0 aromatic carbocycles. The van der Waals surface area contributed by atoms with Gasteiger partial charge in [0, 0.05) is 0 Å². The van der Waals surface area contributed by atoms with Gasteiger partial charge < -0.3 is 4.74 Å². The standard InChI is InChI=1S/C8H12O2/c1-5(2)7-4-6(3)10-8(7)9/h4-5,7H,1-3H3. The van der Waals surface area contributed by atoms with Crippen molar-refractivity contribution in [2.75, 3.05) is 0 Å². The van der Waals surface area contributed by atoms with E-state index in [9.17, 15) is 4.79 Å². The van der Waals surface area contributed by atoms with E-state index in [-0.39, 0.29) is 11.9 Å². The Morgan fingerprint density at radius 1 is 1.60 bits per heavy atom. The van der Waals surface area contributed by atoms with Crippen LogP contribution in [0.4, 0.5) is 0 Å². The number of carbonyl (C=O) groups is 1. The quantitative estimate of drug-likeness (QED) is 0.518. The summed E-state index contributed by atoms with van der Waals surface area (Å²) < 4.78 is 4.86. The molecule has 0 fully saturated rings. The van der Waals surface area contributed by atoms with Crippen molar-refractivity contribution in [3.05, 3.63) is 11.8 Å². The lowest BCUT2D eigenvalue weighted by Gasteiger charge is -2.06. The van der Waals surface area contributed by atoms with Gasteiger partial charge in [-0.2, -0.15) is 0 Å². The van der Waals surface area contributed by atoms with Crippen molar-refractivity contribution < 1.29 is 9.53 Å². The van der Waals surface area contributed by atoms with Crippen LogP contribution in [-0.4, -0.2) is 5.97 Å². The summed E-state index contributed by atoms with van der Waals surface area (Å²) in [6.45, 7) is 5.84. The third-order valence-electron chi connectivity index (χ3n) is 1.67. The molecule has 2 nitrogen and oxygen atoms in total. The Labute approximate surface area is 60.9 Å². The minimum atomic E-state index is -0.104. The van der Waals surface area contributed by atoms with Crippen molar-refractivity contribution in [3.63, 3.8) is 0 Å². The summed E-state index contributed by atoms with van der Waals surface area (Å²) in [6.07, 6.45) is 1.88. The first-order chi connectivity index (χ1) is 4.61. The van der Waals surface area contributed by atoms with Crippen LogP contribution in [0.15, 0.2) is 11.8 Å². The Balaban J connectivity index is 2.69. The topological polar surface area (TPSA) is 26.3 Å². The molecule has 1 atom stereocenters. The number of hydrogen-bond donors (Lipinski definition) is 0. The van der Waals surface area contributed by atoms with E-state index in [0.717, 1.165) is 5.76 Å². The van der Waals surface area contributed by atoms with Gasteiger partial charge in [-0.1, -0.05) is 13.8 Å². The fourth-order valence-electron chi connectivity index (χ4n) is 1.05. The maximum atomic E-state index is 11.0. The Bertz CT molecular complexity index is 180. The van der Waals surface area contributed by atoms with Crippen LogP contribution in [0.1, 0.15) is 20.8 Å². The van der Waals surface area contributed by atoms with E-state index in [0.29, 0.717) is 5.92 Å². The molecule has 2 heteroatoms. The first-order valence-corrected chi connectivity index (χ1v) is 3.51. The second kappa shape index (κ2) is 2.45. The summed E-state index contributed by atoms with van der Waals surface area (Å²) in [5.74, 6) is 0.973. The van der Waals surface area contributed by atoms with Crippen molar-refractivity contribution in [2.24, 2.45) is 11.8 Å². The predicted octanol–water partition coefficient (Wildman–Crippen LogP) is 1.72. The molecule has 1 rings (SSSR count). The Hall–Kier alpha value is -0.790. The van der Waals surface area contributed by atoms with Crippen LogP contribution >= 0.6 is 0 Å². The first-order valence-electron chi connectivity index (χ1n) is 3.51. The summed E-state index contributed by atoms with van der Waals surface area (Å²) in [4.78, 5) is 11.0. The number of rotatable bonds is 1. The third-order valence-corrected chi connectivity index (χ3v) is 1.67. The van der Waals surface area contributed by atoms with E-state index in [4.69, 9.17) is 4.74 Å². The van der Waals surface area contributed by atoms with E-state index < -0.39 is 0 Å². The number of allylic oxidation sites excluding steroid dienone is 1. The number of ether oxygens (including phenoxy) is 1. The SMILES string of the molecule is CC1=CC(C(C)C)C(=O)O1. The van der Waals surface area contributed by atoms with Crippen molar-refractivity contribution in [3.8, 4) is 0 Å². The fraction of sp³-hybridized carbons (Fsp3) is 0.625. The van der Waals surface area contributed by atoms with Crippen molar-refractivity contribution in [1.82, 2.24) is 0 Å². The Morgan fingerprint density at radius 2 is 2.20 bits per heavy atom. The molecule has 1 unspecified atom stereocenters. The molecule has 56 valence electrons. The molecule has 0 spiro atoms. The normalized spacial score (nSPS) is 25.0. The molecule has 10 heavy (non-hydrogen) atoms. The minimum absolute atomic E-state index is 0.0139. The van der Waals surface area contributed by atoms with Crippen LogP contribution in [0, 0.1) is 11.8 Å². The van der Waals surface area contributed by atoms with Gasteiger partial charge in [0.1, 0.15) is 5.76 Å². The monoisotopic (exact) mass is 140 g/mol. The van der Waals surface area contributed by atoms with Gasteiger partial charge in [-0.05, 0) is 18.9 Å². The predicted molar refractivity (Wildman–Crippen MR) is 38.2 cm³/mol. The minimum Gasteiger partial charge on any atom is -0.431 e. The maximum absolute atomic E-state index is 11.0. The Morgan fingerprint density at radius 3 is 2.40 bits per heavy atom. The highest BCUT2D eigenvalue weighted by Crippen LogP contribution is 2.23. The van der Waals surface area contributed by atoms with E-state index in [1.54, 1.807) is 6.92 Å². The molecule has 0 bridgehead atoms. The number of carbonyl (C=O) groups excluding carboxylic acids is 1. The molecular weight excluding hydrogens is 128 g/mol. The van der Waals surface area contributed by atoms with Gasteiger partial charge in [-0.15, -0.1) is 0 Å². The van der Waals surface area contributed by atoms with Crippen LogP contribution in [0.3, 0.4) is 0 Å². The highest BCUT2D eigenvalue weighted by atomic mass is 16.5. The first kappa shape index (κ1) is 7.32. The molecule has 1 aliphatic heterocycles. The molecule has 0 N–H and O–H groups in total. The molecule has 0 saturated carbocycles. The van der Waals surface area contributed by atoms with Crippen LogP contribution in [0.2, 0.25) is 0 Å². The molecule has 1 heterocycles. The molecule has 0 amide bonds. The fourth-order valence-corrected chi connectivity index (χ4v) is 1.05. The third kappa shape index (κ3) is 1.20. The van der Waals surface area contributed by atoms with Gasteiger partial charge in [0.15, 0.2) is 0 Å². The van der Waals surface area contributed by atoms with Gasteiger partial charge in [0.2, 0.25) is 0 Å². The average molecular weight is 140 g/mol. The second-order valence-electron chi connectivity index (χ2n) is 2.97. The van der Waals surface area contributed by atoms with Crippen molar-refractivity contribution >= 4 is 5.97 Å². The van der Waals surface area contributed by atoms with Crippen molar-refractivity contribution in [1.29, 1.82) is 0 Å². The zero-order valence-electron chi connectivity index (χ0n) is 6.55. The highest BCUT2D eigenvalue weighted by Gasteiger charge is 2.27. The van der Waals surface area contributed by atoms with E-state index in [1.807, 2.05) is 19.9 Å². The number of cyclic esters (lactones) is 1. The summed E-state index contributed by atoms with van der Waals surface area (Å²) >= 11 is 0. The molecule has 0 aromatic rings. The molecule has 0 aliphatic carbocycles. The lowest BCUT2D eigenvalue weighted by atomic mass is 9.97.